The quantitative estimate of drug-likeness (QED) is 0.858. The lowest BCUT2D eigenvalue weighted by molar-refractivity contribution is 0.474. The predicted molar refractivity (Wildman–Crippen MR) is 78.7 cm³/mol. The Bertz CT molecular complexity index is 689. The van der Waals surface area contributed by atoms with Gasteiger partial charge >= 0.3 is 0 Å². The first-order valence-corrected chi connectivity index (χ1v) is 7.73. The first-order valence-electron chi connectivity index (χ1n) is 6.18. The van der Waals surface area contributed by atoms with Crippen LogP contribution in [0.2, 0.25) is 0 Å². The Balaban J connectivity index is 2.21. The molecule has 0 radical (unpaired) electrons. The number of hydrogen-bond donors (Lipinski definition) is 0. The van der Waals surface area contributed by atoms with Crippen LogP contribution in [0.25, 0.3) is 6.08 Å². The van der Waals surface area contributed by atoms with Gasteiger partial charge in [-0.1, -0.05) is 54.1 Å². The first kappa shape index (κ1) is 14.5. The molecule has 0 saturated carbocycles. The van der Waals surface area contributed by atoms with E-state index < -0.39 is 15.3 Å². The molecule has 1 atom stereocenters. The molecular formula is C16H15FO2S. The topological polar surface area (TPSA) is 34.1 Å². The second-order valence-corrected chi connectivity index (χ2v) is 6.49. The molecule has 2 rings (SSSR count). The first-order chi connectivity index (χ1) is 9.50. The van der Waals surface area contributed by atoms with E-state index in [0.29, 0.717) is 0 Å². The predicted octanol–water partition coefficient (Wildman–Crippen LogP) is 3.78. The van der Waals surface area contributed by atoms with Crippen LogP contribution in [-0.2, 0) is 9.84 Å². The van der Waals surface area contributed by atoms with Crippen molar-refractivity contribution in [2.75, 3.05) is 0 Å². The summed E-state index contributed by atoms with van der Waals surface area (Å²) in [4.78, 5) is -0.00619. The second kappa shape index (κ2) is 6.01. The summed E-state index contributed by atoms with van der Waals surface area (Å²) < 4.78 is 38.1. The molecule has 104 valence electrons. The van der Waals surface area contributed by atoms with Crippen molar-refractivity contribution >= 4 is 15.9 Å². The molecule has 0 aliphatic rings. The molecule has 0 aromatic heterocycles. The van der Waals surface area contributed by atoms with Gasteiger partial charge in [0.05, 0.1) is 4.90 Å². The summed E-state index contributed by atoms with van der Waals surface area (Å²) in [6.07, 6.45) is 2.53. The molecule has 0 spiro atoms. The summed E-state index contributed by atoms with van der Waals surface area (Å²) in [6, 6.07) is 15.2. The molecule has 0 aliphatic carbocycles. The van der Waals surface area contributed by atoms with Crippen molar-refractivity contribution in [2.24, 2.45) is 0 Å². The van der Waals surface area contributed by atoms with Crippen LogP contribution in [0.3, 0.4) is 0 Å². The number of aryl methyl sites for hydroxylation is 1. The van der Waals surface area contributed by atoms with Crippen LogP contribution in [0.1, 0.15) is 11.1 Å². The van der Waals surface area contributed by atoms with Gasteiger partial charge in [0, 0.05) is 0 Å². The van der Waals surface area contributed by atoms with Crippen molar-refractivity contribution in [3.05, 3.63) is 71.8 Å². The van der Waals surface area contributed by atoms with Crippen LogP contribution in [0.15, 0.2) is 65.6 Å². The third kappa shape index (κ3) is 3.33. The summed E-state index contributed by atoms with van der Waals surface area (Å²) in [5.41, 5.74) is -0.362. The second-order valence-electron chi connectivity index (χ2n) is 4.48. The Morgan fingerprint density at radius 2 is 1.60 bits per heavy atom. The molecule has 20 heavy (non-hydrogen) atoms. The van der Waals surface area contributed by atoms with E-state index in [1.165, 1.54) is 18.2 Å². The van der Waals surface area contributed by atoms with E-state index in [1.807, 2.05) is 13.0 Å². The highest BCUT2D eigenvalue weighted by Crippen LogP contribution is 2.19. The highest BCUT2D eigenvalue weighted by molar-refractivity contribution is 7.92. The van der Waals surface area contributed by atoms with Gasteiger partial charge in [0.2, 0.25) is 15.3 Å². The van der Waals surface area contributed by atoms with Crippen molar-refractivity contribution in [1.82, 2.24) is 0 Å². The molecule has 0 amide bonds. The Morgan fingerprint density at radius 1 is 1.00 bits per heavy atom. The van der Waals surface area contributed by atoms with Gasteiger partial charge in [0.15, 0.2) is 0 Å². The molecule has 0 saturated heterocycles. The molecule has 1 unspecified atom stereocenters. The monoisotopic (exact) mass is 290 g/mol. The van der Waals surface area contributed by atoms with Crippen molar-refractivity contribution in [3.8, 4) is 0 Å². The minimum atomic E-state index is -3.98. The standard InChI is InChI=1S/C16H15FO2S/c1-13-7-10-15(11-8-13)20(18,19)16(17)12-9-14-5-3-2-4-6-14/h2-12,16H,1H3/b12-9-. The maximum absolute atomic E-state index is 14.0. The normalized spacial score (nSPS) is 13.5. The molecule has 2 aromatic carbocycles. The van der Waals surface area contributed by atoms with E-state index in [0.717, 1.165) is 17.2 Å². The van der Waals surface area contributed by atoms with Gasteiger partial charge in [0.1, 0.15) is 0 Å². The third-order valence-electron chi connectivity index (χ3n) is 2.89. The molecule has 4 heteroatoms. The Hall–Kier alpha value is -1.94. The highest BCUT2D eigenvalue weighted by atomic mass is 32.2. The average molecular weight is 290 g/mol. The lowest BCUT2D eigenvalue weighted by Crippen LogP contribution is -2.14. The van der Waals surface area contributed by atoms with Gasteiger partial charge in [-0.3, -0.25) is 0 Å². The van der Waals surface area contributed by atoms with Crippen LogP contribution in [-0.4, -0.2) is 13.9 Å². The van der Waals surface area contributed by atoms with E-state index in [4.69, 9.17) is 0 Å². The minimum absolute atomic E-state index is 0.00619. The van der Waals surface area contributed by atoms with Crippen molar-refractivity contribution < 1.29 is 12.8 Å². The summed E-state index contributed by atoms with van der Waals surface area (Å²) in [6.45, 7) is 1.85. The van der Waals surface area contributed by atoms with Gasteiger partial charge in [-0.2, -0.15) is 0 Å². The molecule has 0 aliphatic heterocycles. The van der Waals surface area contributed by atoms with E-state index in [1.54, 1.807) is 36.4 Å². The fourth-order valence-corrected chi connectivity index (χ4v) is 2.77. The number of halogens is 1. The van der Waals surface area contributed by atoms with Crippen molar-refractivity contribution in [3.63, 3.8) is 0 Å². The van der Waals surface area contributed by atoms with E-state index in [2.05, 4.69) is 0 Å². The van der Waals surface area contributed by atoms with Crippen LogP contribution in [0, 0.1) is 6.92 Å². The summed E-state index contributed by atoms with van der Waals surface area (Å²) >= 11 is 0. The third-order valence-corrected chi connectivity index (χ3v) is 4.56. The fourth-order valence-electron chi connectivity index (χ4n) is 1.71. The fraction of sp³-hybridized carbons (Fsp3) is 0.125. The Labute approximate surface area is 118 Å². The number of rotatable bonds is 4. The van der Waals surface area contributed by atoms with Crippen molar-refractivity contribution in [1.29, 1.82) is 0 Å². The lowest BCUT2D eigenvalue weighted by atomic mass is 10.2. The Kier molecular flexibility index (Phi) is 4.35. The molecule has 0 heterocycles. The zero-order chi connectivity index (χ0) is 14.6. The maximum atomic E-state index is 14.0. The van der Waals surface area contributed by atoms with Crippen LogP contribution in [0.4, 0.5) is 4.39 Å². The number of alkyl halides is 1. The van der Waals surface area contributed by atoms with Crippen LogP contribution < -0.4 is 0 Å². The van der Waals surface area contributed by atoms with E-state index in [-0.39, 0.29) is 4.90 Å². The van der Waals surface area contributed by atoms with Gasteiger partial charge in [-0.05, 0) is 30.7 Å². The molecule has 0 bridgehead atoms. The molecule has 2 aromatic rings. The minimum Gasteiger partial charge on any atom is -0.225 e. The van der Waals surface area contributed by atoms with Gasteiger partial charge in [-0.15, -0.1) is 0 Å². The zero-order valence-electron chi connectivity index (χ0n) is 11.0. The van der Waals surface area contributed by atoms with Gasteiger partial charge in [0.25, 0.3) is 0 Å². The maximum Gasteiger partial charge on any atom is 0.223 e. The summed E-state index contributed by atoms with van der Waals surface area (Å²) in [5, 5.41) is 0. The number of sulfone groups is 1. The average Bonchev–Trinajstić information content (AvgIpc) is 2.46. The molecule has 0 N–H and O–H groups in total. The molecular weight excluding hydrogens is 275 g/mol. The number of hydrogen-bond acceptors (Lipinski definition) is 2. The smallest absolute Gasteiger partial charge is 0.223 e. The van der Waals surface area contributed by atoms with Crippen molar-refractivity contribution in [2.45, 2.75) is 17.3 Å². The zero-order valence-corrected chi connectivity index (χ0v) is 11.8. The largest absolute Gasteiger partial charge is 0.225 e. The van der Waals surface area contributed by atoms with E-state index in [9.17, 15) is 12.8 Å². The Morgan fingerprint density at radius 3 is 2.20 bits per heavy atom. The molecule has 2 nitrogen and oxygen atoms in total. The summed E-state index contributed by atoms with van der Waals surface area (Å²) in [5.74, 6) is 0. The van der Waals surface area contributed by atoms with E-state index >= 15 is 0 Å². The van der Waals surface area contributed by atoms with Crippen LogP contribution >= 0.6 is 0 Å². The number of benzene rings is 2. The van der Waals surface area contributed by atoms with Gasteiger partial charge in [-0.25, -0.2) is 12.8 Å². The van der Waals surface area contributed by atoms with Crippen LogP contribution in [0.5, 0.6) is 0 Å². The lowest BCUT2D eigenvalue weighted by Gasteiger charge is -2.06. The SMILES string of the molecule is Cc1ccc(S(=O)(=O)C(F)/C=C\c2ccccc2)cc1. The molecule has 0 fully saturated rings. The summed E-state index contributed by atoms with van der Waals surface area (Å²) in [7, 11) is -3.98. The highest BCUT2D eigenvalue weighted by Gasteiger charge is 2.24. The van der Waals surface area contributed by atoms with Gasteiger partial charge < -0.3 is 0 Å².